The lowest BCUT2D eigenvalue weighted by Crippen LogP contribution is -2.49. The third-order valence-corrected chi connectivity index (χ3v) is 5.29. The monoisotopic (exact) mass is 384 g/mol. The third kappa shape index (κ3) is 2.27. The minimum atomic E-state index is -1.72. The molecule has 0 saturated heterocycles. The molecular formula is C20H20N2O6. The lowest BCUT2D eigenvalue weighted by Gasteiger charge is -2.38. The highest BCUT2D eigenvalue weighted by Crippen LogP contribution is 2.54. The number of allylic oxidation sites excluding steroid dienone is 1. The van der Waals surface area contributed by atoms with Gasteiger partial charge in [0.2, 0.25) is 11.8 Å². The highest BCUT2D eigenvalue weighted by Gasteiger charge is 2.61. The van der Waals surface area contributed by atoms with Gasteiger partial charge in [-0.05, 0) is 31.5 Å². The zero-order chi connectivity index (χ0) is 20.1. The maximum Gasteiger partial charge on any atom is 0.341 e. The first-order valence-electron chi connectivity index (χ1n) is 9.07. The standard InChI is InChI=1S/C20H20N2O6/c1-3-27-18(24)16-17(21)28-14-6-4-5-13(23)15(14)20(16)11-9-10(26-2)7-8-12(11)22-19(20)25/h7-9H,3-6,21H2,1-2H3,(H,22,25)/t20-/m1/s1. The van der Waals surface area contributed by atoms with Crippen molar-refractivity contribution in [1.29, 1.82) is 0 Å². The van der Waals surface area contributed by atoms with E-state index in [2.05, 4.69) is 5.32 Å². The van der Waals surface area contributed by atoms with Crippen LogP contribution in [0.25, 0.3) is 0 Å². The Morgan fingerprint density at radius 2 is 2.11 bits per heavy atom. The molecule has 0 bridgehead atoms. The predicted molar refractivity (Wildman–Crippen MR) is 98.1 cm³/mol. The van der Waals surface area contributed by atoms with Gasteiger partial charge in [-0.25, -0.2) is 4.79 Å². The average molecular weight is 384 g/mol. The molecule has 4 rings (SSSR count). The number of methoxy groups -OCH3 is 1. The van der Waals surface area contributed by atoms with E-state index in [4.69, 9.17) is 19.9 Å². The molecule has 0 saturated carbocycles. The highest BCUT2D eigenvalue weighted by atomic mass is 16.5. The molecular weight excluding hydrogens is 364 g/mol. The minimum absolute atomic E-state index is 0.0815. The molecule has 146 valence electrons. The number of carbonyl (C=O) groups excluding carboxylic acids is 3. The molecule has 1 aromatic carbocycles. The van der Waals surface area contributed by atoms with Crippen molar-refractivity contribution in [2.45, 2.75) is 31.6 Å². The summed E-state index contributed by atoms with van der Waals surface area (Å²) >= 11 is 0. The van der Waals surface area contributed by atoms with Crippen LogP contribution in [0.2, 0.25) is 0 Å². The second-order valence-electron chi connectivity index (χ2n) is 6.75. The van der Waals surface area contributed by atoms with Gasteiger partial charge in [0.05, 0.1) is 19.3 Å². The van der Waals surface area contributed by atoms with Gasteiger partial charge in [-0.15, -0.1) is 0 Å². The van der Waals surface area contributed by atoms with E-state index in [1.165, 1.54) is 7.11 Å². The first-order valence-corrected chi connectivity index (χ1v) is 9.07. The molecule has 0 aromatic heterocycles. The number of ketones is 1. The molecule has 1 aromatic rings. The van der Waals surface area contributed by atoms with Crippen LogP contribution in [0.15, 0.2) is 41.0 Å². The summed E-state index contributed by atoms with van der Waals surface area (Å²) in [6, 6.07) is 4.99. The van der Waals surface area contributed by atoms with Crippen molar-refractivity contribution in [3.8, 4) is 5.75 Å². The molecule has 3 N–H and O–H groups in total. The normalized spacial score (nSPS) is 23.2. The van der Waals surface area contributed by atoms with Crippen LogP contribution in [0.1, 0.15) is 31.7 Å². The second kappa shape index (κ2) is 6.40. The first kappa shape index (κ1) is 18.1. The fourth-order valence-corrected chi connectivity index (χ4v) is 4.19. The number of nitrogens with one attached hydrogen (secondary N) is 1. The molecule has 0 fully saturated rings. The van der Waals surface area contributed by atoms with E-state index in [-0.39, 0.29) is 35.8 Å². The number of esters is 1. The summed E-state index contributed by atoms with van der Waals surface area (Å²) in [5, 5.41) is 2.78. The number of ether oxygens (including phenoxy) is 3. The van der Waals surface area contributed by atoms with Gasteiger partial charge in [0.1, 0.15) is 22.5 Å². The van der Waals surface area contributed by atoms with Crippen LogP contribution in [0.5, 0.6) is 5.75 Å². The van der Waals surface area contributed by atoms with Crippen LogP contribution >= 0.6 is 0 Å². The van der Waals surface area contributed by atoms with Gasteiger partial charge in [-0.1, -0.05) is 0 Å². The van der Waals surface area contributed by atoms with Crippen LogP contribution in [0.3, 0.4) is 0 Å². The van der Waals surface area contributed by atoms with Crippen LogP contribution in [-0.4, -0.2) is 31.4 Å². The fourth-order valence-electron chi connectivity index (χ4n) is 4.19. The summed E-state index contributed by atoms with van der Waals surface area (Å²) in [5.74, 6) is -0.997. The van der Waals surface area contributed by atoms with E-state index in [1.807, 2.05) is 0 Å². The van der Waals surface area contributed by atoms with Crippen LogP contribution < -0.4 is 15.8 Å². The van der Waals surface area contributed by atoms with Crippen LogP contribution in [-0.2, 0) is 29.3 Å². The third-order valence-electron chi connectivity index (χ3n) is 5.29. The van der Waals surface area contributed by atoms with Crippen molar-refractivity contribution >= 4 is 23.3 Å². The molecule has 3 aliphatic rings. The Balaban J connectivity index is 2.08. The number of fused-ring (bicyclic) bond motifs is 3. The summed E-state index contributed by atoms with van der Waals surface area (Å²) in [6.07, 6.45) is 1.29. The Kier molecular flexibility index (Phi) is 4.14. The molecule has 2 heterocycles. The number of nitrogens with two attached hydrogens (primary N) is 1. The van der Waals surface area contributed by atoms with Crippen molar-refractivity contribution < 1.29 is 28.6 Å². The van der Waals surface area contributed by atoms with Gasteiger partial charge in [-0.3, -0.25) is 9.59 Å². The van der Waals surface area contributed by atoms with Crippen molar-refractivity contribution in [1.82, 2.24) is 0 Å². The SMILES string of the molecule is CCOC(=O)C1=C(N)OC2=C(C(=O)CCC2)[C@@]12C(=O)Nc1ccc(OC)cc12. The van der Waals surface area contributed by atoms with Crippen LogP contribution in [0.4, 0.5) is 5.69 Å². The summed E-state index contributed by atoms with van der Waals surface area (Å²) < 4.78 is 16.1. The minimum Gasteiger partial charge on any atom is -0.497 e. The van der Waals surface area contributed by atoms with Crippen molar-refractivity contribution in [2.75, 3.05) is 19.0 Å². The van der Waals surface area contributed by atoms with Gasteiger partial charge in [-0.2, -0.15) is 0 Å². The number of carbonyl (C=O) groups is 3. The number of hydrogen-bond donors (Lipinski definition) is 2. The smallest absolute Gasteiger partial charge is 0.341 e. The largest absolute Gasteiger partial charge is 0.497 e. The predicted octanol–water partition coefficient (Wildman–Crippen LogP) is 1.66. The number of hydrogen-bond acceptors (Lipinski definition) is 7. The maximum atomic E-state index is 13.4. The Labute approximate surface area is 161 Å². The lowest BCUT2D eigenvalue weighted by atomic mass is 9.64. The van der Waals surface area contributed by atoms with E-state index >= 15 is 0 Å². The highest BCUT2D eigenvalue weighted by molar-refractivity contribution is 6.22. The molecule has 1 atom stereocenters. The lowest BCUT2D eigenvalue weighted by molar-refractivity contribution is -0.141. The molecule has 2 aliphatic heterocycles. The van der Waals surface area contributed by atoms with E-state index in [0.29, 0.717) is 35.6 Å². The second-order valence-corrected chi connectivity index (χ2v) is 6.75. The van der Waals surface area contributed by atoms with E-state index in [1.54, 1.807) is 25.1 Å². The number of anilines is 1. The zero-order valence-corrected chi connectivity index (χ0v) is 15.6. The molecule has 28 heavy (non-hydrogen) atoms. The summed E-state index contributed by atoms with van der Waals surface area (Å²) in [7, 11) is 1.50. The number of benzene rings is 1. The topological polar surface area (TPSA) is 117 Å². The van der Waals surface area contributed by atoms with E-state index < -0.39 is 17.3 Å². The van der Waals surface area contributed by atoms with Gasteiger partial charge >= 0.3 is 5.97 Å². The summed E-state index contributed by atoms with van der Waals surface area (Å²) in [5.41, 5.74) is 5.27. The maximum absolute atomic E-state index is 13.4. The number of amides is 1. The number of rotatable bonds is 3. The average Bonchev–Trinajstić information content (AvgIpc) is 2.93. The molecule has 8 nitrogen and oxygen atoms in total. The van der Waals surface area contributed by atoms with E-state index in [0.717, 1.165) is 0 Å². The summed E-state index contributed by atoms with van der Waals surface area (Å²) in [4.78, 5) is 39.2. The molecule has 1 spiro atoms. The molecule has 1 amide bonds. The van der Waals surface area contributed by atoms with Gasteiger partial charge in [0.15, 0.2) is 5.78 Å². The summed E-state index contributed by atoms with van der Waals surface area (Å²) in [6.45, 7) is 1.73. The molecule has 8 heteroatoms. The van der Waals surface area contributed by atoms with Crippen molar-refractivity contribution in [2.24, 2.45) is 5.73 Å². The quantitative estimate of drug-likeness (QED) is 0.761. The Hall–Kier alpha value is -3.29. The van der Waals surface area contributed by atoms with Gasteiger partial charge < -0.3 is 25.3 Å². The Morgan fingerprint density at radius 3 is 2.82 bits per heavy atom. The molecule has 0 radical (unpaired) electrons. The van der Waals surface area contributed by atoms with Crippen LogP contribution in [0, 0.1) is 0 Å². The number of Topliss-reactive ketones (excluding diaryl/α,β-unsaturated/α-hetero) is 1. The first-order chi connectivity index (χ1) is 13.4. The molecule has 0 unspecified atom stereocenters. The zero-order valence-electron chi connectivity index (χ0n) is 15.6. The van der Waals surface area contributed by atoms with Gasteiger partial charge in [0, 0.05) is 24.1 Å². The van der Waals surface area contributed by atoms with Gasteiger partial charge in [0.25, 0.3) is 0 Å². The Morgan fingerprint density at radius 1 is 1.32 bits per heavy atom. The van der Waals surface area contributed by atoms with E-state index in [9.17, 15) is 14.4 Å². The van der Waals surface area contributed by atoms with Crippen molar-refractivity contribution in [3.63, 3.8) is 0 Å². The van der Waals surface area contributed by atoms with Crippen molar-refractivity contribution in [3.05, 3.63) is 46.6 Å². The Bertz CT molecular complexity index is 977. The fraction of sp³-hybridized carbons (Fsp3) is 0.350. The molecule has 1 aliphatic carbocycles.